The highest BCUT2D eigenvalue weighted by Gasteiger charge is 2.27. The lowest BCUT2D eigenvalue weighted by atomic mass is 9.75. The SMILES string of the molecule is COC(=O)c1ccc(C2CCC(c3ccc(C(=O)OC)cc3F)CC2)c(F)c1. The summed E-state index contributed by atoms with van der Waals surface area (Å²) in [6.07, 6.45) is 2.88. The van der Waals surface area contributed by atoms with E-state index in [2.05, 4.69) is 9.47 Å². The van der Waals surface area contributed by atoms with Crippen LogP contribution in [-0.4, -0.2) is 26.2 Å². The molecule has 148 valence electrons. The fraction of sp³-hybridized carbons (Fsp3) is 0.364. The Morgan fingerprint density at radius 2 is 1.11 bits per heavy atom. The molecule has 0 radical (unpaired) electrons. The van der Waals surface area contributed by atoms with Crippen molar-refractivity contribution in [3.8, 4) is 0 Å². The van der Waals surface area contributed by atoms with Gasteiger partial charge >= 0.3 is 11.9 Å². The van der Waals surface area contributed by atoms with Crippen LogP contribution in [0.15, 0.2) is 36.4 Å². The van der Waals surface area contributed by atoms with Gasteiger partial charge in [-0.15, -0.1) is 0 Å². The Kier molecular flexibility index (Phi) is 6.07. The maximum Gasteiger partial charge on any atom is 0.337 e. The highest BCUT2D eigenvalue weighted by molar-refractivity contribution is 5.89. The van der Waals surface area contributed by atoms with Gasteiger partial charge in [-0.05, 0) is 72.9 Å². The van der Waals surface area contributed by atoms with Gasteiger partial charge in [0.05, 0.1) is 25.3 Å². The lowest BCUT2D eigenvalue weighted by Gasteiger charge is -2.29. The zero-order chi connectivity index (χ0) is 20.3. The van der Waals surface area contributed by atoms with Crippen LogP contribution in [0.25, 0.3) is 0 Å². The van der Waals surface area contributed by atoms with Crippen LogP contribution in [0.1, 0.15) is 69.4 Å². The van der Waals surface area contributed by atoms with Crippen molar-refractivity contribution in [2.45, 2.75) is 37.5 Å². The average Bonchev–Trinajstić information content (AvgIpc) is 2.72. The summed E-state index contributed by atoms with van der Waals surface area (Å²) < 4.78 is 38.1. The molecule has 4 nitrogen and oxygen atoms in total. The molecule has 2 aromatic carbocycles. The first-order valence-corrected chi connectivity index (χ1v) is 9.20. The van der Waals surface area contributed by atoms with E-state index < -0.39 is 23.6 Å². The molecule has 0 aromatic heterocycles. The van der Waals surface area contributed by atoms with Gasteiger partial charge in [0.15, 0.2) is 0 Å². The molecule has 0 amide bonds. The van der Waals surface area contributed by atoms with Crippen molar-refractivity contribution in [3.05, 3.63) is 70.3 Å². The van der Waals surface area contributed by atoms with Crippen LogP contribution in [-0.2, 0) is 9.47 Å². The van der Waals surface area contributed by atoms with Crippen LogP contribution < -0.4 is 0 Å². The first kappa shape index (κ1) is 20.0. The van der Waals surface area contributed by atoms with Crippen LogP contribution in [0.5, 0.6) is 0 Å². The summed E-state index contributed by atoms with van der Waals surface area (Å²) in [5, 5.41) is 0. The molecule has 0 N–H and O–H groups in total. The van der Waals surface area contributed by atoms with Gasteiger partial charge in [-0.3, -0.25) is 0 Å². The molecule has 0 heterocycles. The Hall–Kier alpha value is -2.76. The smallest absolute Gasteiger partial charge is 0.337 e. The Balaban J connectivity index is 1.69. The van der Waals surface area contributed by atoms with Crippen LogP contribution in [0.4, 0.5) is 8.78 Å². The second kappa shape index (κ2) is 8.50. The van der Waals surface area contributed by atoms with Crippen molar-refractivity contribution in [1.29, 1.82) is 0 Å². The second-order valence-corrected chi connectivity index (χ2v) is 7.00. The average molecular weight is 388 g/mol. The molecule has 28 heavy (non-hydrogen) atoms. The molecule has 0 atom stereocenters. The third-order valence-corrected chi connectivity index (χ3v) is 5.45. The minimum atomic E-state index is -0.569. The molecule has 0 aliphatic heterocycles. The maximum absolute atomic E-state index is 14.5. The lowest BCUT2D eigenvalue weighted by Crippen LogP contribution is -2.15. The quantitative estimate of drug-likeness (QED) is 0.693. The fourth-order valence-corrected chi connectivity index (χ4v) is 3.92. The van der Waals surface area contributed by atoms with Gasteiger partial charge in [0.1, 0.15) is 11.6 Å². The summed E-state index contributed by atoms with van der Waals surface area (Å²) in [5.41, 5.74) is 1.52. The number of hydrogen-bond acceptors (Lipinski definition) is 4. The van der Waals surface area contributed by atoms with Crippen molar-refractivity contribution in [2.75, 3.05) is 14.2 Å². The molecule has 1 saturated carbocycles. The van der Waals surface area contributed by atoms with E-state index in [1.54, 1.807) is 24.3 Å². The largest absolute Gasteiger partial charge is 0.465 e. The predicted octanol–water partition coefficient (Wildman–Crippen LogP) is 4.98. The first-order valence-electron chi connectivity index (χ1n) is 9.20. The molecule has 0 unspecified atom stereocenters. The van der Waals surface area contributed by atoms with Crippen molar-refractivity contribution < 1.29 is 27.8 Å². The van der Waals surface area contributed by atoms with Crippen molar-refractivity contribution >= 4 is 11.9 Å². The zero-order valence-electron chi connectivity index (χ0n) is 15.8. The Labute approximate surface area is 162 Å². The molecule has 0 saturated heterocycles. The summed E-state index contributed by atoms with van der Waals surface area (Å²) in [6, 6.07) is 8.83. The first-order chi connectivity index (χ1) is 13.4. The van der Waals surface area contributed by atoms with E-state index in [0.29, 0.717) is 11.1 Å². The number of carbonyl (C=O) groups is 2. The summed E-state index contributed by atoms with van der Waals surface area (Å²) >= 11 is 0. The Morgan fingerprint density at radius 1 is 0.750 bits per heavy atom. The fourth-order valence-electron chi connectivity index (χ4n) is 3.92. The number of carbonyl (C=O) groups excluding carboxylic acids is 2. The Bertz CT molecular complexity index is 813. The lowest BCUT2D eigenvalue weighted by molar-refractivity contribution is 0.0591. The summed E-state index contributed by atoms with van der Waals surface area (Å²) in [5.74, 6) is -1.92. The summed E-state index contributed by atoms with van der Waals surface area (Å²) in [7, 11) is 2.51. The highest BCUT2D eigenvalue weighted by atomic mass is 19.1. The number of methoxy groups -OCH3 is 2. The van der Waals surface area contributed by atoms with Gasteiger partial charge in [-0.2, -0.15) is 0 Å². The molecule has 3 rings (SSSR count). The van der Waals surface area contributed by atoms with Crippen LogP contribution >= 0.6 is 0 Å². The zero-order valence-corrected chi connectivity index (χ0v) is 15.8. The van der Waals surface area contributed by atoms with E-state index in [1.165, 1.54) is 26.4 Å². The van der Waals surface area contributed by atoms with Gasteiger partial charge in [-0.25, -0.2) is 18.4 Å². The van der Waals surface area contributed by atoms with Gasteiger partial charge in [-0.1, -0.05) is 12.1 Å². The minimum Gasteiger partial charge on any atom is -0.465 e. The van der Waals surface area contributed by atoms with Crippen molar-refractivity contribution in [2.24, 2.45) is 0 Å². The van der Waals surface area contributed by atoms with E-state index >= 15 is 0 Å². The third kappa shape index (κ3) is 4.06. The number of benzene rings is 2. The van der Waals surface area contributed by atoms with E-state index in [0.717, 1.165) is 25.7 Å². The van der Waals surface area contributed by atoms with Gasteiger partial charge in [0.25, 0.3) is 0 Å². The highest BCUT2D eigenvalue weighted by Crippen LogP contribution is 2.42. The number of ether oxygens (including phenoxy) is 2. The van der Waals surface area contributed by atoms with E-state index in [9.17, 15) is 18.4 Å². The Morgan fingerprint density at radius 3 is 1.39 bits per heavy atom. The number of rotatable bonds is 4. The van der Waals surface area contributed by atoms with Crippen molar-refractivity contribution in [1.82, 2.24) is 0 Å². The van der Waals surface area contributed by atoms with E-state index in [-0.39, 0.29) is 23.0 Å². The predicted molar refractivity (Wildman–Crippen MR) is 99.4 cm³/mol. The molecule has 1 aliphatic carbocycles. The monoisotopic (exact) mass is 388 g/mol. The standard InChI is InChI=1S/C22H22F2O4/c1-27-21(25)15-7-9-17(19(23)11-15)13-3-5-14(6-4-13)18-10-8-16(12-20(18)24)22(26)28-2/h7-14H,3-6H2,1-2H3. The molecule has 0 bridgehead atoms. The third-order valence-electron chi connectivity index (χ3n) is 5.45. The minimum absolute atomic E-state index is 0.0281. The number of hydrogen-bond donors (Lipinski definition) is 0. The normalized spacial score (nSPS) is 19.1. The molecular formula is C22H22F2O4. The van der Waals surface area contributed by atoms with Gasteiger partial charge < -0.3 is 9.47 Å². The molecule has 1 fully saturated rings. The number of esters is 2. The van der Waals surface area contributed by atoms with Crippen LogP contribution in [0.2, 0.25) is 0 Å². The van der Waals surface area contributed by atoms with Crippen molar-refractivity contribution in [3.63, 3.8) is 0 Å². The second-order valence-electron chi connectivity index (χ2n) is 7.00. The number of halogens is 2. The summed E-state index contributed by atoms with van der Waals surface area (Å²) in [6.45, 7) is 0. The van der Waals surface area contributed by atoms with Gasteiger partial charge in [0, 0.05) is 0 Å². The molecule has 0 spiro atoms. The van der Waals surface area contributed by atoms with Crippen LogP contribution in [0, 0.1) is 11.6 Å². The molecule has 2 aromatic rings. The molecule has 6 heteroatoms. The van der Waals surface area contributed by atoms with Crippen LogP contribution in [0.3, 0.4) is 0 Å². The summed E-state index contributed by atoms with van der Waals surface area (Å²) in [4.78, 5) is 23.0. The molecule has 1 aliphatic rings. The van der Waals surface area contributed by atoms with Gasteiger partial charge in [0.2, 0.25) is 0 Å². The topological polar surface area (TPSA) is 52.6 Å². The molecular weight excluding hydrogens is 366 g/mol. The van der Waals surface area contributed by atoms with E-state index in [4.69, 9.17) is 0 Å². The van der Waals surface area contributed by atoms with E-state index in [1.807, 2.05) is 0 Å². The maximum atomic E-state index is 14.5.